The van der Waals surface area contributed by atoms with E-state index in [-0.39, 0.29) is 0 Å². The van der Waals surface area contributed by atoms with E-state index in [2.05, 4.69) is 50.5 Å². The Labute approximate surface area is 104 Å². The number of benzene rings is 1. The molecule has 92 valence electrons. The summed E-state index contributed by atoms with van der Waals surface area (Å²) in [6, 6.07) is 6.64. The van der Waals surface area contributed by atoms with E-state index in [1.54, 1.807) is 0 Å². The van der Waals surface area contributed by atoms with Gasteiger partial charge in [-0.15, -0.1) is 0 Å². The third kappa shape index (κ3) is 2.36. The number of nitrogens with zero attached hydrogens (tertiary/aromatic N) is 1. The van der Waals surface area contributed by atoms with Gasteiger partial charge in [-0.2, -0.15) is 4.58 Å². The van der Waals surface area contributed by atoms with Gasteiger partial charge in [-0.1, -0.05) is 45.9 Å². The zero-order valence-corrected chi connectivity index (χ0v) is 11.2. The van der Waals surface area contributed by atoms with Crippen LogP contribution in [0.5, 0.6) is 0 Å². The molecule has 0 saturated carbocycles. The Kier molecular flexibility index (Phi) is 3.51. The molecule has 0 N–H and O–H groups in total. The van der Waals surface area contributed by atoms with E-state index in [0.29, 0.717) is 11.8 Å². The summed E-state index contributed by atoms with van der Waals surface area (Å²) in [6.45, 7) is 10.8. The molecule has 0 spiro atoms. The van der Waals surface area contributed by atoms with Gasteiger partial charge in [0, 0.05) is 11.1 Å². The summed E-state index contributed by atoms with van der Waals surface area (Å²) in [6.07, 6.45) is 1.87. The van der Waals surface area contributed by atoms with Crippen molar-refractivity contribution in [1.29, 1.82) is 0 Å². The van der Waals surface area contributed by atoms with Crippen LogP contribution in [0.3, 0.4) is 0 Å². The highest BCUT2D eigenvalue weighted by molar-refractivity contribution is 5.55. The molecule has 2 heteroatoms. The minimum atomic E-state index is 0.540. The van der Waals surface area contributed by atoms with Crippen molar-refractivity contribution >= 4 is 12.1 Å². The molecule has 1 aliphatic rings. The molecule has 2 rings (SSSR count). The first-order chi connectivity index (χ1) is 8.11. The second-order valence-electron chi connectivity index (χ2n) is 5.26. The summed E-state index contributed by atoms with van der Waals surface area (Å²) >= 11 is 0. The lowest BCUT2D eigenvalue weighted by Gasteiger charge is -2.14. The molecule has 17 heavy (non-hydrogen) atoms. The van der Waals surface area contributed by atoms with Crippen molar-refractivity contribution in [3.63, 3.8) is 0 Å². The maximum Gasteiger partial charge on any atom is 0.330 e. The van der Waals surface area contributed by atoms with Crippen LogP contribution in [0.4, 0.5) is 5.69 Å². The van der Waals surface area contributed by atoms with E-state index in [0.717, 1.165) is 13.2 Å². The highest BCUT2D eigenvalue weighted by Gasteiger charge is 2.25. The Hall–Kier alpha value is -1.31. The molecule has 0 unspecified atom stereocenters. The first-order valence-corrected chi connectivity index (χ1v) is 6.45. The molecule has 0 fully saturated rings. The van der Waals surface area contributed by atoms with Crippen molar-refractivity contribution in [2.45, 2.75) is 39.5 Å². The molecule has 0 aromatic heterocycles. The lowest BCUT2D eigenvalue weighted by Crippen LogP contribution is -2.10. The maximum absolute atomic E-state index is 5.38. The Morgan fingerprint density at radius 3 is 2.06 bits per heavy atom. The molecule has 0 amide bonds. The minimum absolute atomic E-state index is 0.540. The molecule has 1 aromatic rings. The zero-order valence-electron chi connectivity index (χ0n) is 11.2. The normalized spacial score (nSPS) is 15.3. The van der Waals surface area contributed by atoms with Crippen molar-refractivity contribution in [3.8, 4) is 0 Å². The standard InChI is InChI=1S/C15H22NO/c1-11(2)13-6-5-7-14(12(3)4)15(13)16-8-9-17-10-16/h5-7,10-12H,8-9H2,1-4H3/q+1. The highest BCUT2D eigenvalue weighted by Crippen LogP contribution is 2.34. The molecule has 0 bridgehead atoms. The van der Waals surface area contributed by atoms with Gasteiger partial charge in [-0.25, -0.2) is 0 Å². The van der Waals surface area contributed by atoms with Gasteiger partial charge in [0.1, 0.15) is 0 Å². The van der Waals surface area contributed by atoms with E-state index in [1.165, 1.54) is 16.8 Å². The molecule has 1 heterocycles. The fourth-order valence-corrected chi connectivity index (χ4v) is 2.35. The number of ether oxygens (including phenoxy) is 1. The quantitative estimate of drug-likeness (QED) is 0.725. The maximum atomic E-state index is 5.38. The number of rotatable bonds is 3. The number of para-hydroxylation sites is 1. The zero-order chi connectivity index (χ0) is 12.4. The monoisotopic (exact) mass is 232 g/mol. The average molecular weight is 232 g/mol. The summed E-state index contributed by atoms with van der Waals surface area (Å²) in [5.41, 5.74) is 4.19. The summed E-state index contributed by atoms with van der Waals surface area (Å²) in [5.74, 6) is 1.08. The van der Waals surface area contributed by atoms with Gasteiger partial charge < -0.3 is 4.74 Å². The summed E-state index contributed by atoms with van der Waals surface area (Å²) in [7, 11) is 0. The molecule has 2 nitrogen and oxygen atoms in total. The van der Waals surface area contributed by atoms with Crippen molar-refractivity contribution in [1.82, 2.24) is 0 Å². The predicted octanol–water partition coefficient (Wildman–Crippen LogP) is 3.64. The fraction of sp³-hybridized carbons (Fsp3) is 0.533. The molecule has 0 saturated heterocycles. The van der Waals surface area contributed by atoms with Gasteiger partial charge in [0.05, 0.1) is 0 Å². The van der Waals surface area contributed by atoms with E-state index >= 15 is 0 Å². The second kappa shape index (κ2) is 4.91. The van der Waals surface area contributed by atoms with Crippen LogP contribution in [0.1, 0.15) is 50.7 Å². The molecule has 0 atom stereocenters. The number of hydrogen-bond acceptors (Lipinski definition) is 1. The first kappa shape index (κ1) is 12.2. The summed E-state index contributed by atoms with van der Waals surface area (Å²) in [4.78, 5) is 0. The molecule has 0 aliphatic carbocycles. The van der Waals surface area contributed by atoms with E-state index < -0.39 is 0 Å². The second-order valence-corrected chi connectivity index (χ2v) is 5.26. The van der Waals surface area contributed by atoms with E-state index in [4.69, 9.17) is 4.74 Å². The van der Waals surface area contributed by atoms with Crippen LogP contribution in [-0.2, 0) is 4.74 Å². The van der Waals surface area contributed by atoms with Crippen LogP contribution in [-0.4, -0.2) is 24.1 Å². The molecule has 1 aromatic carbocycles. The van der Waals surface area contributed by atoms with Gasteiger partial charge in [0.25, 0.3) is 0 Å². The van der Waals surface area contributed by atoms with Crippen LogP contribution in [0.15, 0.2) is 18.2 Å². The van der Waals surface area contributed by atoms with Crippen molar-refractivity contribution in [3.05, 3.63) is 29.3 Å². The number of hydrogen-bond donors (Lipinski definition) is 0. The Balaban J connectivity index is 2.57. The molecular weight excluding hydrogens is 210 g/mol. The minimum Gasteiger partial charge on any atom is -0.443 e. The van der Waals surface area contributed by atoms with Crippen molar-refractivity contribution in [2.24, 2.45) is 0 Å². The van der Waals surface area contributed by atoms with E-state index in [1.807, 2.05) is 6.40 Å². The molecular formula is C15H22NO+. The fourth-order valence-electron chi connectivity index (χ4n) is 2.35. The molecule has 1 aliphatic heterocycles. The summed E-state index contributed by atoms with van der Waals surface area (Å²) < 4.78 is 7.64. The highest BCUT2D eigenvalue weighted by atomic mass is 16.5. The first-order valence-electron chi connectivity index (χ1n) is 6.45. The van der Waals surface area contributed by atoms with Crippen LogP contribution in [0.2, 0.25) is 0 Å². The van der Waals surface area contributed by atoms with Crippen molar-refractivity contribution in [2.75, 3.05) is 13.2 Å². The smallest absolute Gasteiger partial charge is 0.330 e. The Morgan fingerprint density at radius 2 is 1.65 bits per heavy atom. The average Bonchev–Trinajstić information content (AvgIpc) is 2.80. The summed E-state index contributed by atoms with van der Waals surface area (Å²) in [5, 5.41) is 0. The van der Waals surface area contributed by atoms with Gasteiger partial charge >= 0.3 is 6.40 Å². The van der Waals surface area contributed by atoms with Crippen LogP contribution in [0.25, 0.3) is 0 Å². The lowest BCUT2D eigenvalue weighted by atomic mass is 9.92. The van der Waals surface area contributed by atoms with Gasteiger partial charge in [0.15, 0.2) is 13.2 Å². The third-order valence-electron chi connectivity index (χ3n) is 3.28. The largest absolute Gasteiger partial charge is 0.443 e. The topological polar surface area (TPSA) is 12.2 Å². The van der Waals surface area contributed by atoms with Gasteiger partial charge in [-0.05, 0) is 11.8 Å². The van der Waals surface area contributed by atoms with Crippen LogP contribution >= 0.6 is 0 Å². The lowest BCUT2D eigenvalue weighted by molar-refractivity contribution is -0.425. The SMILES string of the molecule is CC(C)c1cccc(C(C)C)c1[N+]1=COCC1. The van der Waals surface area contributed by atoms with Gasteiger partial charge in [0.2, 0.25) is 5.69 Å². The molecule has 0 radical (unpaired) electrons. The Morgan fingerprint density at radius 1 is 1.06 bits per heavy atom. The van der Waals surface area contributed by atoms with Gasteiger partial charge in [-0.3, -0.25) is 0 Å². The third-order valence-corrected chi connectivity index (χ3v) is 3.28. The van der Waals surface area contributed by atoms with Crippen LogP contribution in [0, 0.1) is 0 Å². The predicted molar refractivity (Wildman–Crippen MR) is 71.4 cm³/mol. The van der Waals surface area contributed by atoms with E-state index in [9.17, 15) is 0 Å². The van der Waals surface area contributed by atoms with Crippen molar-refractivity contribution < 1.29 is 9.31 Å². The van der Waals surface area contributed by atoms with Crippen LogP contribution < -0.4 is 0 Å². The Bertz CT molecular complexity index is 406.